The van der Waals surface area contributed by atoms with Gasteiger partial charge in [-0.3, -0.25) is 9.10 Å². The lowest BCUT2D eigenvalue weighted by Crippen LogP contribution is -2.38. The van der Waals surface area contributed by atoms with Gasteiger partial charge in [0.25, 0.3) is 10.0 Å². The summed E-state index contributed by atoms with van der Waals surface area (Å²) in [6.07, 6.45) is 1.94. The number of nitrogens with one attached hydrogen (secondary N) is 1. The third-order valence-electron chi connectivity index (χ3n) is 5.08. The summed E-state index contributed by atoms with van der Waals surface area (Å²) < 4.78 is 33.9. The Kier molecular flexibility index (Phi) is 7.74. The van der Waals surface area contributed by atoms with Gasteiger partial charge >= 0.3 is 0 Å². The van der Waals surface area contributed by atoms with Crippen LogP contribution in [0.2, 0.25) is 0 Å². The highest BCUT2D eigenvalue weighted by atomic mass is 32.2. The summed E-state index contributed by atoms with van der Waals surface area (Å²) in [6, 6.07) is 31.3. The number of benzene rings is 4. The maximum atomic E-state index is 13.5. The van der Waals surface area contributed by atoms with E-state index in [1.165, 1.54) is 12.1 Å². The average Bonchev–Trinajstić information content (AvgIpc) is 2.89. The summed E-state index contributed by atoms with van der Waals surface area (Å²) >= 11 is 1.55. The Hall–Kier alpha value is -3.75. The first-order valence-corrected chi connectivity index (χ1v) is 13.5. The van der Waals surface area contributed by atoms with Crippen molar-refractivity contribution in [3.05, 3.63) is 109 Å². The number of carbonyl (C=O) groups excluding carboxylic acids is 1. The fraction of sp³-hybridized carbons (Fsp3) is 0.0741. The van der Waals surface area contributed by atoms with E-state index in [1.807, 2.05) is 54.8 Å². The summed E-state index contributed by atoms with van der Waals surface area (Å²) in [5.41, 5.74) is 0.952. The highest BCUT2D eigenvalue weighted by Gasteiger charge is 2.27. The van der Waals surface area contributed by atoms with Crippen molar-refractivity contribution in [1.82, 2.24) is 0 Å². The molecule has 1 amide bonds. The Balaban J connectivity index is 1.61. The van der Waals surface area contributed by atoms with Crippen molar-refractivity contribution in [3.63, 3.8) is 0 Å². The number of rotatable bonds is 9. The van der Waals surface area contributed by atoms with E-state index >= 15 is 0 Å². The number of carbonyl (C=O) groups is 1. The molecule has 0 aliphatic rings. The second-order valence-electron chi connectivity index (χ2n) is 7.51. The summed E-state index contributed by atoms with van der Waals surface area (Å²) in [5, 5.41) is 2.80. The van der Waals surface area contributed by atoms with Crippen molar-refractivity contribution in [2.75, 3.05) is 22.4 Å². The fourth-order valence-corrected chi connectivity index (χ4v) is 5.27. The molecule has 0 unspecified atom stereocenters. The number of hydrogen-bond donors (Lipinski definition) is 1. The van der Waals surface area contributed by atoms with Gasteiger partial charge < -0.3 is 10.1 Å². The monoisotopic (exact) mass is 504 g/mol. The van der Waals surface area contributed by atoms with E-state index in [1.54, 1.807) is 60.3 Å². The van der Waals surface area contributed by atoms with E-state index in [4.69, 9.17) is 4.74 Å². The van der Waals surface area contributed by atoms with Gasteiger partial charge in [0.05, 0.1) is 10.6 Å². The number of thioether (sulfide) groups is 1. The molecule has 35 heavy (non-hydrogen) atoms. The molecule has 1 N–H and O–H groups in total. The summed E-state index contributed by atoms with van der Waals surface area (Å²) in [7, 11) is -4.00. The van der Waals surface area contributed by atoms with Crippen molar-refractivity contribution in [1.29, 1.82) is 0 Å². The third-order valence-corrected chi connectivity index (χ3v) is 7.59. The van der Waals surface area contributed by atoms with Crippen LogP contribution in [0.1, 0.15) is 0 Å². The molecule has 0 aliphatic heterocycles. The van der Waals surface area contributed by atoms with Crippen LogP contribution in [-0.4, -0.2) is 27.1 Å². The van der Waals surface area contributed by atoms with Crippen LogP contribution in [0.25, 0.3) is 0 Å². The molecule has 4 aromatic carbocycles. The van der Waals surface area contributed by atoms with Gasteiger partial charge in [-0.2, -0.15) is 0 Å². The third kappa shape index (κ3) is 6.23. The lowest BCUT2D eigenvalue weighted by molar-refractivity contribution is -0.114. The molecule has 6 nitrogen and oxygen atoms in total. The van der Waals surface area contributed by atoms with Crippen LogP contribution < -0.4 is 14.4 Å². The van der Waals surface area contributed by atoms with Crippen LogP contribution in [0.4, 0.5) is 11.4 Å². The summed E-state index contributed by atoms with van der Waals surface area (Å²) in [6.45, 7) is -0.389. The Morgan fingerprint density at radius 1 is 0.829 bits per heavy atom. The second-order valence-corrected chi connectivity index (χ2v) is 10.3. The number of hydrogen-bond acceptors (Lipinski definition) is 5. The zero-order valence-electron chi connectivity index (χ0n) is 19.0. The number of amides is 1. The average molecular weight is 505 g/mol. The first-order valence-electron chi connectivity index (χ1n) is 10.8. The Labute approximate surface area is 209 Å². The molecule has 0 atom stereocenters. The van der Waals surface area contributed by atoms with Gasteiger partial charge in [-0.1, -0.05) is 42.5 Å². The molecule has 0 aromatic heterocycles. The Morgan fingerprint density at radius 2 is 1.46 bits per heavy atom. The predicted molar refractivity (Wildman–Crippen MR) is 141 cm³/mol. The lowest BCUT2D eigenvalue weighted by Gasteiger charge is -2.24. The minimum absolute atomic E-state index is 0.0989. The van der Waals surface area contributed by atoms with Crippen molar-refractivity contribution in [3.8, 4) is 11.5 Å². The number of para-hydroxylation sites is 1. The summed E-state index contributed by atoms with van der Waals surface area (Å²) in [5.74, 6) is 0.767. The summed E-state index contributed by atoms with van der Waals surface area (Å²) in [4.78, 5) is 14.0. The van der Waals surface area contributed by atoms with Crippen LogP contribution in [-0.2, 0) is 14.8 Å². The molecule has 8 heteroatoms. The second kappa shape index (κ2) is 11.1. The zero-order chi connectivity index (χ0) is 24.7. The number of sulfonamides is 1. The molecule has 0 aliphatic carbocycles. The van der Waals surface area contributed by atoms with Gasteiger partial charge in [0.2, 0.25) is 5.91 Å². The molecule has 4 rings (SSSR count). The van der Waals surface area contributed by atoms with E-state index in [9.17, 15) is 13.2 Å². The first kappa shape index (κ1) is 24.4. The van der Waals surface area contributed by atoms with Gasteiger partial charge in [0.15, 0.2) is 0 Å². The predicted octanol–water partition coefficient (Wildman–Crippen LogP) is 6.03. The largest absolute Gasteiger partial charge is 0.457 e. The van der Waals surface area contributed by atoms with Crippen LogP contribution in [0.3, 0.4) is 0 Å². The van der Waals surface area contributed by atoms with Crippen LogP contribution in [0, 0.1) is 0 Å². The van der Waals surface area contributed by atoms with Gasteiger partial charge in [-0.05, 0) is 73.0 Å². The highest BCUT2D eigenvalue weighted by molar-refractivity contribution is 7.98. The minimum atomic E-state index is -4.00. The highest BCUT2D eigenvalue weighted by Crippen LogP contribution is 2.28. The van der Waals surface area contributed by atoms with E-state index in [-0.39, 0.29) is 11.4 Å². The zero-order valence-corrected chi connectivity index (χ0v) is 20.6. The molecular weight excluding hydrogens is 480 g/mol. The van der Waals surface area contributed by atoms with Gasteiger partial charge in [0, 0.05) is 10.6 Å². The molecule has 0 radical (unpaired) electrons. The number of ether oxygens (including phenoxy) is 1. The SMILES string of the molecule is CSc1cccc(NC(=O)CN(c2ccc(Oc3ccccc3)cc2)S(=O)(=O)c2ccccc2)c1. The first-order chi connectivity index (χ1) is 17.0. The van der Waals surface area contributed by atoms with E-state index in [0.717, 1.165) is 9.20 Å². The lowest BCUT2D eigenvalue weighted by atomic mass is 10.3. The van der Waals surface area contributed by atoms with Crippen molar-refractivity contribution >= 4 is 39.1 Å². The Morgan fingerprint density at radius 3 is 2.11 bits per heavy atom. The van der Waals surface area contributed by atoms with Crippen molar-refractivity contribution in [2.45, 2.75) is 9.79 Å². The van der Waals surface area contributed by atoms with Crippen LogP contribution in [0.15, 0.2) is 119 Å². The van der Waals surface area contributed by atoms with Crippen LogP contribution >= 0.6 is 11.8 Å². The molecule has 0 spiro atoms. The van der Waals surface area contributed by atoms with Gasteiger partial charge in [-0.15, -0.1) is 11.8 Å². The molecular formula is C27H24N2O4S2. The number of nitrogens with zero attached hydrogens (tertiary/aromatic N) is 1. The normalized spacial score (nSPS) is 11.0. The number of anilines is 2. The fourth-order valence-electron chi connectivity index (χ4n) is 3.37. The topological polar surface area (TPSA) is 75.7 Å². The molecule has 0 fully saturated rings. The maximum absolute atomic E-state index is 13.5. The smallest absolute Gasteiger partial charge is 0.264 e. The Bertz CT molecular complexity index is 1380. The van der Waals surface area contributed by atoms with Crippen molar-refractivity contribution in [2.24, 2.45) is 0 Å². The molecule has 178 valence electrons. The molecule has 4 aromatic rings. The minimum Gasteiger partial charge on any atom is -0.457 e. The van der Waals surface area contributed by atoms with E-state index in [0.29, 0.717) is 22.9 Å². The standard InChI is InChI=1S/C27H24N2O4S2/c1-34-25-12-8-9-21(19-25)28-27(30)20-29(35(31,32)26-13-6-3-7-14-26)22-15-17-24(18-16-22)33-23-10-4-2-5-11-23/h2-19H,20H2,1H3,(H,28,30). The van der Waals surface area contributed by atoms with E-state index < -0.39 is 15.9 Å². The van der Waals surface area contributed by atoms with Crippen molar-refractivity contribution < 1.29 is 17.9 Å². The van der Waals surface area contributed by atoms with Crippen LogP contribution in [0.5, 0.6) is 11.5 Å². The molecule has 0 heterocycles. The quantitative estimate of drug-likeness (QED) is 0.282. The molecule has 0 bridgehead atoms. The van der Waals surface area contributed by atoms with Gasteiger partial charge in [0.1, 0.15) is 18.0 Å². The molecule has 0 saturated heterocycles. The van der Waals surface area contributed by atoms with Gasteiger partial charge in [-0.25, -0.2) is 8.42 Å². The van der Waals surface area contributed by atoms with E-state index in [2.05, 4.69) is 5.32 Å². The maximum Gasteiger partial charge on any atom is 0.264 e. The molecule has 0 saturated carbocycles.